The number of hydrogen-bond acceptors (Lipinski definition) is 7. The first-order valence-electron chi connectivity index (χ1n) is 15.2. The fourth-order valence-corrected chi connectivity index (χ4v) is 6.04. The molecule has 1 fully saturated rings. The van der Waals surface area contributed by atoms with E-state index in [9.17, 15) is 9.59 Å². The molecule has 0 bridgehead atoms. The largest absolute Gasteiger partial charge is 0.493 e. The smallest absolute Gasteiger partial charge is 0.248 e. The highest BCUT2D eigenvalue weighted by Crippen LogP contribution is 2.41. The third-order valence-corrected chi connectivity index (χ3v) is 8.38. The fourth-order valence-electron chi connectivity index (χ4n) is 6.04. The molecular weight excluding hydrogens is 558 g/mol. The molecule has 1 aliphatic carbocycles. The molecule has 2 atom stereocenters. The lowest BCUT2D eigenvalue weighted by Gasteiger charge is -2.35. The Kier molecular flexibility index (Phi) is 9.99. The summed E-state index contributed by atoms with van der Waals surface area (Å²) in [6, 6.07) is 19.3. The number of carbonyl (C=O) groups excluding carboxylic acids is 2. The predicted octanol–water partition coefficient (Wildman–Crippen LogP) is 5.28. The van der Waals surface area contributed by atoms with Crippen molar-refractivity contribution in [2.75, 3.05) is 27.9 Å². The molecule has 10 heteroatoms. The zero-order valence-electron chi connectivity index (χ0n) is 25.9. The molecule has 1 N–H and O–H groups in total. The summed E-state index contributed by atoms with van der Waals surface area (Å²) in [7, 11) is 4.61. The van der Waals surface area contributed by atoms with Crippen LogP contribution in [0.2, 0.25) is 0 Å². The average molecular weight is 600 g/mol. The number of rotatable bonds is 12. The average Bonchev–Trinajstić information content (AvgIpc) is 3.50. The van der Waals surface area contributed by atoms with E-state index < -0.39 is 12.1 Å². The molecule has 2 amide bonds. The number of para-hydroxylation sites is 1. The molecule has 1 aliphatic rings. The Labute approximate surface area is 258 Å². The number of benzene rings is 3. The van der Waals surface area contributed by atoms with Gasteiger partial charge in [-0.2, -0.15) is 0 Å². The monoisotopic (exact) mass is 599 g/mol. The molecule has 5 rings (SSSR count). The maximum absolute atomic E-state index is 14.6. The molecular formula is C34H41N5O5. The van der Waals surface area contributed by atoms with E-state index >= 15 is 0 Å². The van der Waals surface area contributed by atoms with Gasteiger partial charge in [-0.25, -0.2) is 4.68 Å². The maximum atomic E-state index is 14.6. The number of aromatic nitrogens is 3. The van der Waals surface area contributed by atoms with Gasteiger partial charge in [-0.05, 0) is 61.6 Å². The van der Waals surface area contributed by atoms with Gasteiger partial charge in [-0.1, -0.05) is 66.9 Å². The SMILES string of the molecule is COc1cc([C@@H](C(=O)NC2CCCCC2)N(CCc2ccccc2)C(=O)[C@H](C)n2nnc3ccccc32)cc(OC)c1OC. The molecule has 232 valence electrons. The van der Waals surface area contributed by atoms with Gasteiger partial charge < -0.3 is 24.4 Å². The number of fused-ring (bicyclic) bond motifs is 1. The van der Waals surface area contributed by atoms with E-state index in [1.54, 1.807) is 28.6 Å². The van der Waals surface area contributed by atoms with Gasteiger partial charge in [0.15, 0.2) is 11.5 Å². The van der Waals surface area contributed by atoms with Crippen LogP contribution in [0.25, 0.3) is 11.0 Å². The van der Waals surface area contributed by atoms with E-state index in [4.69, 9.17) is 14.2 Å². The second-order valence-corrected chi connectivity index (χ2v) is 11.2. The van der Waals surface area contributed by atoms with Crippen molar-refractivity contribution in [3.63, 3.8) is 0 Å². The van der Waals surface area contributed by atoms with Crippen LogP contribution in [0.5, 0.6) is 17.2 Å². The van der Waals surface area contributed by atoms with Crippen LogP contribution in [0.15, 0.2) is 66.7 Å². The quantitative estimate of drug-likeness (QED) is 0.236. The number of hydrogen-bond donors (Lipinski definition) is 1. The normalized spacial score (nSPS) is 14.9. The molecule has 0 aliphatic heterocycles. The van der Waals surface area contributed by atoms with Crippen molar-refractivity contribution in [1.82, 2.24) is 25.2 Å². The van der Waals surface area contributed by atoms with Gasteiger partial charge in [-0.15, -0.1) is 5.10 Å². The highest BCUT2D eigenvalue weighted by atomic mass is 16.5. The summed E-state index contributed by atoms with van der Waals surface area (Å²) in [6.45, 7) is 2.09. The summed E-state index contributed by atoms with van der Waals surface area (Å²) < 4.78 is 18.5. The predicted molar refractivity (Wildman–Crippen MR) is 168 cm³/mol. The van der Waals surface area contributed by atoms with Crippen LogP contribution in [0.3, 0.4) is 0 Å². The third kappa shape index (κ3) is 6.64. The van der Waals surface area contributed by atoms with Crippen molar-refractivity contribution >= 4 is 22.8 Å². The number of nitrogens with one attached hydrogen (secondary N) is 1. The van der Waals surface area contributed by atoms with Crippen molar-refractivity contribution in [2.24, 2.45) is 0 Å². The Bertz CT molecular complexity index is 1540. The van der Waals surface area contributed by atoms with Gasteiger partial charge in [0.05, 0.1) is 26.8 Å². The van der Waals surface area contributed by atoms with E-state index in [2.05, 4.69) is 15.6 Å². The lowest BCUT2D eigenvalue weighted by Crippen LogP contribution is -2.49. The lowest BCUT2D eigenvalue weighted by molar-refractivity contribution is -0.143. The summed E-state index contributed by atoms with van der Waals surface area (Å²) in [5, 5.41) is 11.9. The van der Waals surface area contributed by atoms with Crippen LogP contribution in [0.4, 0.5) is 0 Å². The summed E-state index contributed by atoms with van der Waals surface area (Å²) in [5.41, 5.74) is 3.05. The van der Waals surface area contributed by atoms with Crippen molar-refractivity contribution in [2.45, 2.75) is 63.6 Å². The van der Waals surface area contributed by atoms with Gasteiger partial charge in [0.1, 0.15) is 17.6 Å². The van der Waals surface area contributed by atoms with E-state index in [0.717, 1.165) is 43.2 Å². The molecule has 10 nitrogen and oxygen atoms in total. The minimum absolute atomic E-state index is 0.0450. The van der Waals surface area contributed by atoms with Crippen molar-refractivity contribution in [1.29, 1.82) is 0 Å². The van der Waals surface area contributed by atoms with Gasteiger partial charge in [0, 0.05) is 12.6 Å². The number of amides is 2. The molecule has 4 aromatic rings. The molecule has 1 aromatic heterocycles. The van der Waals surface area contributed by atoms with Crippen LogP contribution in [0.1, 0.15) is 62.2 Å². The molecule has 0 spiro atoms. The standard InChI is InChI=1S/C34H41N5O5/c1-23(39-28-18-12-11-17-27(28)36-37-39)34(41)38(20-19-24-13-7-5-8-14-24)31(33(40)35-26-15-9-6-10-16-26)25-21-29(42-2)32(44-4)30(22-25)43-3/h5,7-8,11-14,17-18,21-23,26,31H,6,9-10,15-16,19-20H2,1-4H3,(H,35,40)/t23-,31-/m0/s1. The van der Waals surface area contributed by atoms with E-state index in [0.29, 0.717) is 41.3 Å². The third-order valence-electron chi connectivity index (χ3n) is 8.38. The first kappa shape index (κ1) is 30.8. The van der Waals surface area contributed by atoms with E-state index in [1.165, 1.54) is 21.3 Å². The van der Waals surface area contributed by atoms with E-state index in [-0.39, 0.29) is 17.9 Å². The molecule has 0 saturated heterocycles. The zero-order chi connectivity index (χ0) is 31.1. The Morgan fingerprint density at radius 1 is 0.932 bits per heavy atom. The number of carbonyl (C=O) groups is 2. The first-order chi connectivity index (χ1) is 21.4. The molecule has 44 heavy (non-hydrogen) atoms. The molecule has 0 unspecified atom stereocenters. The molecule has 1 heterocycles. The van der Waals surface area contributed by atoms with Crippen LogP contribution in [0, 0.1) is 0 Å². The Morgan fingerprint density at radius 2 is 1.59 bits per heavy atom. The second-order valence-electron chi connectivity index (χ2n) is 11.2. The number of ether oxygens (including phenoxy) is 3. The van der Waals surface area contributed by atoms with Gasteiger partial charge in [0.2, 0.25) is 17.6 Å². The van der Waals surface area contributed by atoms with Gasteiger partial charge in [0.25, 0.3) is 0 Å². The fraction of sp³-hybridized carbons (Fsp3) is 0.412. The minimum atomic E-state index is -0.973. The van der Waals surface area contributed by atoms with E-state index in [1.807, 2.05) is 54.6 Å². The first-order valence-corrected chi connectivity index (χ1v) is 15.2. The zero-order valence-corrected chi connectivity index (χ0v) is 25.9. The highest BCUT2D eigenvalue weighted by molar-refractivity contribution is 5.91. The number of methoxy groups -OCH3 is 3. The molecule has 0 radical (unpaired) electrons. The summed E-state index contributed by atoms with van der Waals surface area (Å²) in [4.78, 5) is 30.7. The minimum Gasteiger partial charge on any atom is -0.493 e. The topological polar surface area (TPSA) is 108 Å². The van der Waals surface area contributed by atoms with Gasteiger partial charge in [-0.3, -0.25) is 9.59 Å². The molecule has 1 saturated carbocycles. The summed E-state index contributed by atoms with van der Waals surface area (Å²) in [6.07, 6.45) is 5.66. The number of nitrogens with zero attached hydrogens (tertiary/aromatic N) is 4. The highest BCUT2D eigenvalue weighted by Gasteiger charge is 2.37. The lowest BCUT2D eigenvalue weighted by atomic mass is 9.94. The van der Waals surface area contributed by atoms with Crippen LogP contribution >= 0.6 is 0 Å². The summed E-state index contributed by atoms with van der Waals surface area (Å²) in [5.74, 6) is 0.721. The van der Waals surface area contributed by atoms with Crippen LogP contribution in [-0.4, -0.2) is 65.6 Å². The molecule has 3 aromatic carbocycles. The van der Waals surface area contributed by atoms with Gasteiger partial charge >= 0.3 is 0 Å². The van der Waals surface area contributed by atoms with Crippen LogP contribution < -0.4 is 19.5 Å². The summed E-state index contributed by atoms with van der Waals surface area (Å²) >= 11 is 0. The Morgan fingerprint density at radius 3 is 2.25 bits per heavy atom. The Hall–Kier alpha value is -4.60. The maximum Gasteiger partial charge on any atom is 0.248 e. The van der Waals surface area contributed by atoms with Crippen LogP contribution in [-0.2, 0) is 16.0 Å². The Balaban J connectivity index is 1.60. The van der Waals surface area contributed by atoms with Crippen molar-refractivity contribution in [3.8, 4) is 17.2 Å². The second kappa shape index (κ2) is 14.2. The van der Waals surface area contributed by atoms with Crippen molar-refractivity contribution < 1.29 is 23.8 Å². The van der Waals surface area contributed by atoms with Crippen molar-refractivity contribution in [3.05, 3.63) is 77.9 Å².